The topological polar surface area (TPSA) is 134 Å². The van der Waals surface area contributed by atoms with E-state index in [2.05, 4.69) is 8.37 Å². The Labute approximate surface area is 253 Å². The Hall–Kier alpha value is -2.65. The van der Waals surface area contributed by atoms with Gasteiger partial charge in [0, 0.05) is 17.2 Å². The van der Waals surface area contributed by atoms with Crippen molar-refractivity contribution in [2.75, 3.05) is 39.4 Å². The molecule has 15 heteroatoms. The van der Waals surface area contributed by atoms with E-state index in [1.807, 2.05) is 12.1 Å². The van der Waals surface area contributed by atoms with E-state index in [4.69, 9.17) is 42.1 Å². The fraction of sp³-hybridized carbons (Fsp3) is 0.333. The summed E-state index contributed by atoms with van der Waals surface area (Å²) in [7, 11) is -5.52. The molecule has 3 fully saturated rings. The Balaban J connectivity index is 0.000000146. The molecule has 10 nitrogen and oxygen atoms in total. The van der Waals surface area contributed by atoms with Gasteiger partial charge in [-0.15, -0.1) is 0 Å². The third-order valence-electron chi connectivity index (χ3n) is 5.69. The van der Waals surface area contributed by atoms with E-state index in [9.17, 15) is 21.2 Å². The molecule has 0 aliphatic carbocycles. The van der Waals surface area contributed by atoms with E-state index in [1.54, 1.807) is 25.3 Å². The van der Waals surface area contributed by atoms with E-state index in [0.29, 0.717) is 18.8 Å². The number of rotatable bonds is 8. The van der Waals surface area contributed by atoms with E-state index in [-0.39, 0.29) is 34.8 Å². The minimum Gasteiger partial charge on any atom is -0.497 e. The Morgan fingerprint density at radius 3 is 1.74 bits per heavy atom. The van der Waals surface area contributed by atoms with Crippen LogP contribution in [0.3, 0.4) is 0 Å². The zero-order chi connectivity index (χ0) is 30.7. The second-order valence-corrected chi connectivity index (χ2v) is 13.3. The first kappa shape index (κ1) is 32.3. The van der Waals surface area contributed by atoms with Gasteiger partial charge >= 0.3 is 20.2 Å². The van der Waals surface area contributed by atoms with Crippen LogP contribution in [0.5, 0.6) is 17.2 Å². The lowest BCUT2D eigenvalue weighted by Gasteiger charge is -2.05. The maximum absolute atomic E-state index is 13.4. The smallest absolute Gasteiger partial charge is 0.306 e. The predicted octanol–water partition coefficient (Wildman–Crippen LogP) is 5.41. The molecule has 0 saturated carbocycles. The molecule has 0 aromatic heterocycles. The van der Waals surface area contributed by atoms with Crippen molar-refractivity contribution in [1.82, 2.24) is 0 Å². The van der Waals surface area contributed by atoms with Crippen molar-refractivity contribution < 1.29 is 48.5 Å². The van der Waals surface area contributed by atoms with Crippen LogP contribution in [-0.2, 0) is 34.4 Å². The van der Waals surface area contributed by atoms with Gasteiger partial charge in [-0.3, -0.25) is 0 Å². The largest absolute Gasteiger partial charge is 0.497 e. The minimum absolute atomic E-state index is 0.0283. The molecule has 3 aliphatic heterocycles. The van der Waals surface area contributed by atoms with Crippen molar-refractivity contribution in [2.45, 2.75) is 18.3 Å². The molecule has 3 aromatic rings. The van der Waals surface area contributed by atoms with Crippen LogP contribution in [0, 0.1) is 5.82 Å². The second-order valence-electron chi connectivity index (χ2n) is 9.30. The first-order valence-electron chi connectivity index (χ1n) is 12.3. The summed E-state index contributed by atoms with van der Waals surface area (Å²) < 4.78 is 86.0. The normalized spacial score (nSPS) is 20.2. The summed E-state index contributed by atoms with van der Waals surface area (Å²) in [6.07, 6.45) is 1.99. The van der Waals surface area contributed by atoms with Gasteiger partial charge in [-0.05, 0) is 42.0 Å². The number of halogens is 3. The van der Waals surface area contributed by atoms with Crippen LogP contribution >= 0.6 is 23.2 Å². The highest BCUT2D eigenvalue weighted by Crippen LogP contribution is 2.37. The van der Waals surface area contributed by atoms with Crippen molar-refractivity contribution in [2.24, 2.45) is 0 Å². The SMILES string of the molecule is COc1ccc(C2CO2)c(Cl)c1.CS(=O)(=O)Oc1ccc(C2CO2)c(F)c1.CS(=O)(=O)Oc1ccc(C2CO2)cc1Cl. The average molecular weight is 666 g/mol. The molecule has 42 heavy (non-hydrogen) atoms. The highest BCUT2D eigenvalue weighted by atomic mass is 35.5. The average Bonchev–Trinajstić information content (AvgIpc) is 3.74. The number of ether oxygens (including phenoxy) is 4. The summed E-state index contributed by atoms with van der Waals surface area (Å²) in [4.78, 5) is 0. The lowest BCUT2D eigenvalue weighted by Crippen LogP contribution is -2.06. The molecular formula is C27H27Cl2FO10S2. The summed E-state index contributed by atoms with van der Waals surface area (Å²) >= 11 is 11.8. The lowest BCUT2D eigenvalue weighted by molar-refractivity contribution is 0.407. The van der Waals surface area contributed by atoms with E-state index in [0.717, 1.165) is 47.1 Å². The zero-order valence-electron chi connectivity index (χ0n) is 22.6. The lowest BCUT2D eigenvalue weighted by atomic mass is 10.1. The van der Waals surface area contributed by atoms with Crippen molar-refractivity contribution in [3.05, 3.63) is 87.2 Å². The summed E-state index contributed by atoms with van der Waals surface area (Å²) in [5.74, 6) is 0.381. The highest BCUT2D eigenvalue weighted by molar-refractivity contribution is 7.86. The number of hydrogen-bond donors (Lipinski definition) is 0. The fourth-order valence-corrected chi connectivity index (χ4v) is 5.03. The van der Waals surface area contributed by atoms with Crippen molar-refractivity contribution in [1.29, 1.82) is 0 Å². The first-order chi connectivity index (χ1) is 19.7. The molecule has 0 bridgehead atoms. The van der Waals surface area contributed by atoms with Gasteiger partial charge in [-0.1, -0.05) is 35.3 Å². The molecular weight excluding hydrogens is 638 g/mol. The summed E-state index contributed by atoms with van der Waals surface area (Å²) in [6, 6.07) is 14.5. The molecule has 3 saturated heterocycles. The van der Waals surface area contributed by atoms with Crippen molar-refractivity contribution >= 4 is 43.4 Å². The van der Waals surface area contributed by atoms with Crippen molar-refractivity contribution in [3.8, 4) is 17.2 Å². The number of benzene rings is 3. The van der Waals surface area contributed by atoms with Crippen LogP contribution in [0.1, 0.15) is 35.0 Å². The van der Waals surface area contributed by atoms with Gasteiger partial charge in [0.1, 0.15) is 35.6 Å². The highest BCUT2D eigenvalue weighted by Gasteiger charge is 2.28. The molecule has 0 radical (unpaired) electrons. The van der Waals surface area contributed by atoms with Crippen LogP contribution in [0.2, 0.25) is 10.0 Å². The van der Waals surface area contributed by atoms with Gasteiger partial charge in [0.15, 0.2) is 5.75 Å². The van der Waals surface area contributed by atoms with Crippen LogP contribution in [-0.4, -0.2) is 56.3 Å². The molecule has 3 heterocycles. The zero-order valence-corrected chi connectivity index (χ0v) is 25.7. The maximum Gasteiger partial charge on any atom is 0.306 e. The third-order valence-corrected chi connectivity index (χ3v) is 7.29. The molecule has 3 atom stereocenters. The maximum atomic E-state index is 13.4. The molecule has 0 N–H and O–H groups in total. The quantitative estimate of drug-likeness (QED) is 0.227. The van der Waals surface area contributed by atoms with Crippen LogP contribution in [0.4, 0.5) is 4.39 Å². The van der Waals surface area contributed by atoms with Crippen LogP contribution < -0.4 is 13.1 Å². The molecule has 0 amide bonds. The molecule has 3 aliphatic rings. The van der Waals surface area contributed by atoms with Gasteiger partial charge in [0.25, 0.3) is 0 Å². The molecule has 3 aromatic carbocycles. The number of epoxide rings is 3. The minimum atomic E-state index is -3.61. The van der Waals surface area contributed by atoms with Gasteiger partial charge in [0.05, 0.1) is 49.5 Å². The van der Waals surface area contributed by atoms with Gasteiger partial charge < -0.3 is 27.3 Å². The summed E-state index contributed by atoms with van der Waals surface area (Å²) in [5.41, 5.74) is 2.41. The standard InChI is InChI=1S/C9H9ClO4S.C9H9ClO2.C9H9FO4S/c1-15(11,12)14-8-3-2-6(4-7(8)10)9-5-13-9;1-11-6-2-3-7(8(10)4-6)9-5-12-9;1-15(11,12)14-6-2-3-7(8(10)4-6)9-5-13-9/h2-4,9H,5H2,1H3;2-4,9H,5H2,1H3;2-4,9H,5H2,1H3. The Morgan fingerprint density at radius 1 is 0.714 bits per heavy atom. The first-order valence-corrected chi connectivity index (χ1v) is 16.7. The number of methoxy groups -OCH3 is 1. The van der Waals surface area contributed by atoms with Gasteiger partial charge in [-0.25, -0.2) is 4.39 Å². The fourth-order valence-electron chi connectivity index (χ4n) is 3.54. The van der Waals surface area contributed by atoms with E-state index >= 15 is 0 Å². The Kier molecular flexibility index (Phi) is 10.2. The third kappa shape index (κ3) is 10.3. The second kappa shape index (κ2) is 13.3. The summed E-state index contributed by atoms with van der Waals surface area (Å²) in [6.45, 7) is 1.97. The van der Waals surface area contributed by atoms with Gasteiger partial charge in [-0.2, -0.15) is 16.8 Å². The molecule has 228 valence electrons. The Morgan fingerprint density at radius 2 is 1.26 bits per heavy atom. The summed E-state index contributed by atoms with van der Waals surface area (Å²) in [5, 5.41) is 0.991. The van der Waals surface area contributed by atoms with E-state index < -0.39 is 26.1 Å². The molecule has 6 rings (SSSR count). The van der Waals surface area contributed by atoms with Crippen molar-refractivity contribution in [3.63, 3.8) is 0 Å². The number of hydrogen-bond acceptors (Lipinski definition) is 10. The Bertz CT molecular complexity index is 1640. The predicted molar refractivity (Wildman–Crippen MR) is 153 cm³/mol. The van der Waals surface area contributed by atoms with Crippen LogP contribution in [0.15, 0.2) is 54.6 Å². The van der Waals surface area contributed by atoms with Crippen LogP contribution in [0.25, 0.3) is 0 Å². The van der Waals surface area contributed by atoms with E-state index in [1.165, 1.54) is 18.2 Å². The van der Waals surface area contributed by atoms with Gasteiger partial charge in [0.2, 0.25) is 0 Å². The molecule has 3 unspecified atom stereocenters. The molecule has 0 spiro atoms. The monoisotopic (exact) mass is 664 g/mol.